The van der Waals surface area contributed by atoms with Crippen LogP contribution in [0.4, 0.5) is 11.4 Å². The number of benzene rings is 7. The second-order valence-electron chi connectivity index (χ2n) is 24.0. The van der Waals surface area contributed by atoms with Gasteiger partial charge in [-0.2, -0.15) is 0 Å². The maximum absolute atomic E-state index is 6.26. The maximum Gasteiger partial charge on any atom is 0.120 e. The summed E-state index contributed by atoms with van der Waals surface area (Å²) in [5.41, 5.74) is 21.7. The molecule has 368 valence electrons. The standard InChI is InChI=1S/C70H72N2O/c1-46(2)42-64(68(3,4)5)51-22-20-49(21-23-51)52-28-40-66-61(43-52)62-44-53(29-41-67(62)72(66)56-34-37-58(38-35-56)73-69(6,7)8)50-26-32-55(33-27-50)71(54-30-24-48(25-31-54)47-16-12-11-13-17-47)57-36-39-60-59-18-14-15-19-63(59)70(9,10)65(60)45-57/h11-12,14-16,18-24,26-30,32-41,43-46,64H,13,17,25,31,42H2,1-10H3. The largest absolute Gasteiger partial charge is 0.488 e. The van der Waals surface area contributed by atoms with E-state index < -0.39 is 0 Å². The van der Waals surface area contributed by atoms with Gasteiger partial charge in [0.05, 0.1) is 11.0 Å². The van der Waals surface area contributed by atoms with Crippen molar-refractivity contribution in [3.63, 3.8) is 0 Å². The first-order valence-corrected chi connectivity index (χ1v) is 26.9. The third kappa shape index (κ3) is 9.33. The lowest BCUT2D eigenvalue weighted by molar-refractivity contribution is 0.131. The van der Waals surface area contributed by atoms with E-state index in [0.29, 0.717) is 11.8 Å². The Morgan fingerprint density at radius 2 is 1.18 bits per heavy atom. The number of nitrogens with zero attached hydrogens (tertiary/aromatic N) is 2. The van der Waals surface area contributed by atoms with E-state index in [-0.39, 0.29) is 16.4 Å². The molecule has 0 radical (unpaired) electrons. The van der Waals surface area contributed by atoms with Crippen LogP contribution in [-0.2, 0) is 5.41 Å². The van der Waals surface area contributed by atoms with Gasteiger partial charge in [-0.25, -0.2) is 0 Å². The van der Waals surface area contributed by atoms with Gasteiger partial charge in [0.1, 0.15) is 11.4 Å². The Labute approximate surface area is 435 Å². The summed E-state index contributed by atoms with van der Waals surface area (Å²) in [7, 11) is 0. The molecule has 0 fully saturated rings. The summed E-state index contributed by atoms with van der Waals surface area (Å²) in [6, 6.07) is 57.5. The van der Waals surface area contributed by atoms with Crippen LogP contribution in [0.5, 0.6) is 5.75 Å². The van der Waals surface area contributed by atoms with Crippen molar-refractivity contribution in [2.45, 2.75) is 118 Å². The smallest absolute Gasteiger partial charge is 0.120 e. The summed E-state index contributed by atoms with van der Waals surface area (Å²) < 4.78 is 8.68. The van der Waals surface area contributed by atoms with Crippen molar-refractivity contribution in [1.82, 2.24) is 4.57 Å². The molecule has 3 nitrogen and oxygen atoms in total. The first-order chi connectivity index (χ1) is 35.0. The van der Waals surface area contributed by atoms with Gasteiger partial charge in [0.2, 0.25) is 0 Å². The Hall–Kier alpha value is -7.10. The van der Waals surface area contributed by atoms with Gasteiger partial charge in [-0.1, -0.05) is 152 Å². The Bertz CT molecular complexity index is 3500. The van der Waals surface area contributed by atoms with E-state index >= 15 is 0 Å². The Kier molecular flexibility index (Phi) is 12.4. The predicted octanol–water partition coefficient (Wildman–Crippen LogP) is 19.8. The van der Waals surface area contributed by atoms with E-state index in [1.165, 1.54) is 107 Å². The zero-order valence-electron chi connectivity index (χ0n) is 44.8. The van der Waals surface area contributed by atoms with Crippen molar-refractivity contribution < 1.29 is 4.74 Å². The number of aromatic nitrogens is 1. The van der Waals surface area contributed by atoms with Crippen LogP contribution in [0.15, 0.2) is 199 Å². The van der Waals surface area contributed by atoms with Crippen LogP contribution in [0.3, 0.4) is 0 Å². The summed E-state index contributed by atoms with van der Waals surface area (Å²) in [6.07, 6.45) is 17.0. The molecular weight excluding hydrogens is 885 g/mol. The van der Waals surface area contributed by atoms with Crippen molar-refractivity contribution in [3.05, 3.63) is 216 Å². The summed E-state index contributed by atoms with van der Waals surface area (Å²) in [5, 5.41) is 2.47. The second-order valence-corrected chi connectivity index (χ2v) is 24.0. The summed E-state index contributed by atoms with van der Waals surface area (Å²) >= 11 is 0. The first kappa shape index (κ1) is 48.2. The van der Waals surface area contributed by atoms with Gasteiger partial charge in [-0.3, -0.25) is 0 Å². The lowest BCUT2D eigenvalue weighted by Crippen LogP contribution is -2.22. The average Bonchev–Trinajstić information content (AvgIpc) is 3.83. The molecule has 3 heteroatoms. The minimum atomic E-state index is -0.275. The second kappa shape index (κ2) is 18.7. The molecule has 73 heavy (non-hydrogen) atoms. The van der Waals surface area contributed by atoms with Gasteiger partial charge in [-0.15, -0.1) is 0 Å². The van der Waals surface area contributed by atoms with Crippen molar-refractivity contribution in [2.24, 2.45) is 11.3 Å². The average molecular weight is 957 g/mol. The van der Waals surface area contributed by atoms with Crippen LogP contribution < -0.4 is 9.64 Å². The molecule has 0 saturated heterocycles. The summed E-state index contributed by atoms with van der Waals surface area (Å²) in [4.78, 5) is 2.52. The van der Waals surface area contributed by atoms with E-state index in [4.69, 9.17) is 4.74 Å². The van der Waals surface area contributed by atoms with E-state index in [0.717, 1.165) is 37.1 Å². The SMILES string of the molecule is CC(C)CC(c1ccc(-c2ccc3c(c2)c2cc(-c4ccc(N(C5=CC=C(C6=CC=CCC6)CC5)c5ccc6c(c5)C(C)(C)c5ccccc5-6)cc4)ccc2n3-c2ccc(OC(C)(C)C)cc2)cc1)C(C)(C)C. The van der Waals surface area contributed by atoms with Crippen LogP contribution in [0.2, 0.25) is 0 Å². The fraction of sp³-hybridized carbons (Fsp3) is 0.286. The van der Waals surface area contributed by atoms with E-state index in [2.05, 4.69) is 261 Å². The highest BCUT2D eigenvalue weighted by molar-refractivity contribution is 6.11. The van der Waals surface area contributed by atoms with Crippen LogP contribution in [0.1, 0.15) is 124 Å². The highest BCUT2D eigenvalue weighted by Crippen LogP contribution is 2.51. The molecule has 1 unspecified atom stereocenters. The van der Waals surface area contributed by atoms with Gasteiger partial charge < -0.3 is 14.2 Å². The molecule has 0 amide bonds. The highest BCUT2D eigenvalue weighted by atomic mass is 16.5. The molecule has 0 bridgehead atoms. The zero-order chi connectivity index (χ0) is 50.8. The molecule has 0 N–H and O–H groups in total. The van der Waals surface area contributed by atoms with Gasteiger partial charge in [0.15, 0.2) is 0 Å². The molecule has 3 aliphatic carbocycles. The van der Waals surface area contributed by atoms with Crippen molar-refractivity contribution >= 4 is 33.2 Å². The number of rotatable bonds is 11. The Morgan fingerprint density at radius 1 is 0.575 bits per heavy atom. The first-order valence-electron chi connectivity index (χ1n) is 26.9. The molecule has 1 aromatic heterocycles. The minimum absolute atomic E-state index is 0.0906. The lowest BCUT2D eigenvalue weighted by Gasteiger charge is -2.32. The van der Waals surface area contributed by atoms with Crippen LogP contribution >= 0.6 is 0 Å². The van der Waals surface area contributed by atoms with Crippen molar-refractivity contribution in [2.75, 3.05) is 4.90 Å². The van der Waals surface area contributed by atoms with Crippen molar-refractivity contribution in [3.8, 4) is 44.8 Å². The van der Waals surface area contributed by atoms with Crippen molar-refractivity contribution in [1.29, 1.82) is 0 Å². The molecule has 1 heterocycles. The molecule has 8 aromatic rings. The third-order valence-electron chi connectivity index (χ3n) is 15.8. The van der Waals surface area contributed by atoms with E-state index in [1.807, 2.05) is 0 Å². The van der Waals surface area contributed by atoms with Gasteiger partial charge in [0.25, 0.3) is 0 Å². The van der Waals surface area contributed by atoms with Crippen LogP contribution in [0, 0.1) is 11.3 Å². The summed E-state index contributed by atoms with van der Waals surface area (Å²) in [5.74, 6) is 2.01. The molecule has 0 aliphatic heterocycles. The molecule has 3 aliphatic rings. The predicted molar refractivity (Wildman–Crippen MR) is 312 cm³/mol. The molecule has 0 spiro atoms. The number of fused-ring (bicyclic) bond motifs is 6. The van der Waals surface area contributed by atoms with E-state index in [1.54, 1.807) is 0 Å². The molecule has 1 atom stereocenters. The number of ether oxygens (including phenoxy) is 1. The highest BCUT2D eigenvalue weighted by Gasteiger charge is 2.36. The fourth-order valence-corrected chi connectivity index (χ4v) is 12.1. The lowest BCUT2D eigenvalue weighted by atomic mass is 9.72. The van der Waals surface area contributed by atoms with Gasteiger partial charge in [0, 0.05) is 38.9 Å². The van der Waals surface area contributed by atoms with Crippen LogP contribution in [-0.4, -0.2) is 10.2 Å². The molecule has 7 aromatic carbocycles. The molecule has 11 rings (SSSR count). The quantitative estimate of drug-likeness (QED) is 0.129. The number of allylic oxidation sites excluding steroid dienone is 8. The topological polar surface area (TPSA) is 17.4 Å². The third-order valence-corrected chi connectivity index (χ3v) is 15.8. The fourth-order valence-electron chi connectivity index (χ4n) is 12.1. The van der Waals surface area contributed by atoms with Crippen LogP contribution in [0.25, 0.3) is 60.9 Å². The summed E-state index contributed by atoms with van der Waals surface area (Å²) in [6.45, 7) is 22.9. The monoisotopic (exact) mass is 957 g/mol. The molecule has 0 saturated carbocycles. The zero-order valence-corrected chi connectivity index (χ0v) is 44.8. The van der Waals surface area contributed by atoms with Gasteiger partial charge >= 0.3 is 0 Å². The normalized spacial score (nSPS) is 15.7. The Morgan fingerprint density at radius 3 is 1.77 bits per heavy atom. The minimum Gasteiger partial charge on any atom is -0.488 e. The van der Waals surface area contributed by atoms with E-state index in [9.17, 15) is 0 Å². The Balaban J connectivity index is 0.991. The van der Waals surface area contributed by atoms with Gasteiger partial charge in [-0.05, 0) is 210 Å². The number of hydrogen-bond donors (Lipinski definition) is 0. The number of anilines is 2. The maximum atomic E-state index is 6.26. The number of hydrogen-bond acceptors (Lipinski definition) is 2. The molecular formula is C70H72N2O.